The molecule has 59 heavy (non-hydrogen) atoms. The molecule has 4 heteroatoms. The quantitative estimate of drug-likeness (QED) is 0.106. The Kier molecular flexibility index (Phi) is 6.78. The lowest BCUT2D eigenvalue weighted by molar-refractivity contribution is -0.00622. The zero-order chi connectivity index (χ0) is 39.2. The van der Waals surface area contributed by atoms with Crippen LogP contribution in [-0.2, 0) is 21.7 Å². The standard InChI is InChI=1S/C55H62N2O2/c56-48-19-40(17-46(50(48)58)53-24-33-10-34(25-53)12-35(11-33)26-53)55(41-18-47(51(59)49(57)20-41)54-27-36-13-37(28-54)15-38(14-36)29-54)44-4-2-1-3-42(44)43-6-5-39(16-45(43)55)52-21-30-7-31(22-52)9-32(8-30)23-52/h1-6,16-20,30-38,58-59H,7-15,21-29,56-57H2. The van der Waals surface area contributed by atoms with Gasteiger partial charge in [-0.1, -0.05) is 42.5 Å². The summed E-state index contributed by atoms with van der Waals surface area (Å²) in [4.78, 5) is 0. The summed E-state index contributed by atoms with van der Waals surface area (Å²) in [6.07, 6.45) is 23.3. The van der Waals surface area contributed by atoms with Crippen molar-refractivity contribution in [3.63, 3.8) is 0 Å². The van der Waals surface area contributed by atoms with Crippen molar-refractivity contribution >= 4 is 11.4 Å². The van der Waals surface area contributed by atoms with Gasteiger partial charge in [0.05, 0.1) is 16.8 Å². The van der Waals surface area contributed by atoms with Gasteiger partial charge in [0.1, 0.15) is 11.5 Å². The summed E-state index contributed by atoms with van der Waals surface area (Å²) < 4.78 is 0. The monoisotopic (exact) mass is 782 g/mol. The molecule has 12 fully saturated rings. The van der Waals surface area contributed by atoms with E-state index in [1.165, 1.54) is 105 Å². The Balaban J connectivity index is 1.05. The molecular formula is C55H62N2O2. The van der Waals surface area contributed by atoms with Gasteiger partial charge in [-0.2, -0.15) is 0 Å². The highest BCUT2D eigenvalue weighted by atomic mass is 16.3. The Labute approximate surface area is 350 Å². The minimum Gasteiger partial charge on any atom is -0.505 e. The van der Waals surface area contributed by atoms with Crippen LogP contribution in [0.25, 0.3) is 11.1 Å². The van der Waals surface area contributed by atoms with Crippen molar-refractivity contribution in [2.45, 2.75) is 137 Å². The highest BCUT2D eigenvalue weighted by Gasteiger charge is 2.57. The molecule has 4 aromatic carbocycles. The molecule has 13 aliphatic carbocycles. The highest BCUT2D eigenvalue weighted by Crippen LogP contribution is 2.67. The van der Waals surface area contributed by atoms with Crippen molar-refractivity contribution in [1.29, 1.82) is 0 Å². The SMILES string of the molecule is Nc1cc(C2(c3cc(N)c(O)c(C45CC6CC(CC(C6)C4)C5)c3)c3ccccc3-c3ccc(C45CC6CC(CC(C6)C4)C5)cc32)cc(C23CC4CC(CC(C4)C2)C3)c1O. The molecule has 4 nitrogen and oxygen atoms in total. The molecule has 0 heterocycles. The Hall–Kier alpha value is -3.92. The van der Waals surface area contributed by atoms with E-state index in [0.717, 1.165) is 114 Å². The molecule has 0 aliphatic heterocycles. The maximum atomic E-state index is 12.3. The van der Waals surface area contributed by atoms with Crippen LogP contribution in [0.1, 0.15) is 155 Å². The third kappa shape index (κ3) is 4.57. The zero-order valence-corrected chi connectivity index (χ0v) is 34.8. The number of aromatic hydroxyl groups is 2. The van der Waals surface area contributed by atoms with Crippen LogP contribution in [-0.4, -0.2) is 10.2 Å². The highest BCUT2D eigenvalue weighted by molar-refractivity contribution is 5.88. The van der Waals surface area contributed by atoms with Gasteiger partial charge in [-0.05, 0) is 248 Å². The van der Waals surface area contributed by atoms with Crippen LogP contribution >= 0.6 is 0 Å². The fourth-order valence-electron chi connectivity index (χ4n) is 19.3. The maximum Gasteiger partial charge on any atom is 0.142 e. The first-order valence-electron chi connectivity index (χ1n) is 24.1. The number of phenols is 2. The summed E-state index contributed by atoms with van der Waals surface area (Å²) in [6.45, 7) is 0. The predicted octanol–water partition coefficient (Wildman–Crippen LogP) is 12.0. The molecule has 0 aromatic heterocycles. The summed E-state index contributed by atoms with van der Waals surface area (Å²) in [5, 5.41) is 24.5. The van der Waals surface area contributed by atoms with Crippen LogP contribution in [0, 0.1) is 53.3 Å². The van der Waals surface area contributed by atoms with Gasteiger partial charge in [0.2, 0.25) is 0 Å². The number of rotatable bonds is 5. The number of phenolic OH excluding ortho intramolecular Hbond substituents is 2. The number of anilines is 2. The fourth-order valence-corrected chi connectivity index (χ4v) is 19.3. The lowest BCUT2D eigenvalue weighted by atomic mass is 9.47. The predicted molar refractivity (Wildman–Crippen MR) is 235 cm³/mol. The van der Waals surface area contributed by atoms with Gasteiger partial charge in [0.15, 0.2) is 0 Å². The molecule has 0 unspecified atom stereocenters. The van der Waals surface area contributed by atoms with E-state index < -0.39 is 5.41 Å². The zero-order valence-electron chi connectivity index (χ0n) is 34.8. The van der Waals surface area contributed by atoms with Gasteiger partial charge in [-0.3, -0.25) is 0 Å². The Morgan fingerprint density at radius 1 is 0.373 bits per heavy atom. The topological polar surface area (TPSA) is 92.5 Å². The van der Waals surface area contributed by atoms with Gasteiger partial charge in [-0.15, -0.1) is 0 Å². The minimum atomic E-state index is -0.720. The molecular weight excluding hydrogens is 721 g/mol. The largest absolute Gasteiger partial charge is 0.505 e. The lowest BCUT2D eigenvalue weighted by Crippen LogP contribution is -2.49. The van der Waals surface area contributed by atoms with Crippen molar-refractivity contribution in [1.82, 2.24) is 0 Å². The normalized spacial score (nSPS) is 42.4. The molecule has 0 atom stereocenters. The van der Waals surface area contributed by atoms with E-state index in [0.29, 0.717) is 22.9 Å². The smallest absolute Gasteiger partial charge is 0.142 e. The Morgan fingerprint density at radius 3 is 1.15 bits per heavy atom. The van der Waals surface area contributed by atoms with Gasteiger partial charge in [0.25, 0.3) is 0 Å². The van der Waals surface area contributed by atoms with Crippen LogP contribution < -0.4 is 11.5 Å². The maximum absolute atomic E-state index is 12.3. The Morgan fingerprint density at radius 2 is 0.729 bits per heavy atom. The van der Waals surface area contributed by atoms with Crippen molar-refractivity contribution in [3.8, 4) is 22.6 Å². The number of fused-ring (bicyclic) bond motifs is 3. The molecule has 17 rings (SSSR count). The summed E-state index contributed by atoms with van der Waals surface area (Å²) in [6, 6.07) is 26.0. The van der Waals surface area contributed by atoms with E-state index in [4.69, 9.17) is 11.5 Å². The molecule has 304 valence electrons. The first-order chi connectivity index (χ1) is 28.6. The molecule has 4 aromatic rings. The summed E-state index contributed by atoms with van der Waals surface area (Å²) in [7, 11) is 0. The van der Waals surface area contributed by atoms with Crippen LogP contribution in [0.4, 0.5) is 11.4 Å². The third-order valence-electron chi connectivity index (χ3n) is 20.1. The molecule has 12 bridgehead atoms. The molecule has 13 aliphatic rings. The van der Waals surface area contributed by atoms with Gasteiger partial charge in [-0.25, -0.2) is 0 Å². The van der Waals surface area contributed by atoms with Crippen LogP contribution in [0.5, 0.6) is 11.5 Å². The van der Waals surface area contributed by atoms with E-state index in [2.05, 4.69) is 66.7 Å². The van der Waals surface area contributed by atoms with Gasteiger partial charge in [0, 0.05) is 11.1 Å². The summed E-state index contributed by atoms with van der Waals surface area (Å²) in [5.74, 6) is 7.68. The first kappa shape index (κ1) is 34.8. The van der Waals surface area contributed by atoms with Crippen LogP contribution in [0.15, 0.2) is 66.7 Å². The third-order valence-corrected chi connectivity index (χ3v) is 20.1. The molecule has 0 spiro atoms. The fraction of sp³-hybridized carbons (Fsp3) is 0.564. The number of nitrogens with two attached hydrogens (primary N) is 2. The molecule has 0 radical (unpaired) electrons. The molecule has 12 saturated carbocycles. The van der Waals surface area contributed by atoms with Crippen LogP contribution in [0.2, 0.25) is 0 Å². The summed E-state index contributed by atoms with van der Waals surface area (Å²) in [5.41, 5.74) is 26.1. The number of benzene rings is 4. The van der Waals surface area contributed by atoms with E-state index in [1.807, 2.05) is 0 Å². The van der Waals surface area contributed by atoms with Crippen molar-refractivity contribution in [3.05, 3.63) is 106 Å². The van der Waals surface area contributed by atoms with Gasteiger partial charge < -0.3 is 21.7 Å². The van der Waals surface area contributed by atoms with E-state index in [-0.39, 0.29) is 16.2 Å². The second-order valence-electron chi connectivity index (χ2n) is 23.6. The second kappa shape index (κ2) is 11.5. The van der Waals surface area contributed by atoms with Crippen molar-refractivity contribution < 1.29 is 10.2 Å². The molecule has 6 N–H and O–H groups in total. The molecule has 0 saturated heterocycles. The Bertz CT molecular complexity index is 2270. The number of hydrogen-bond donors (Lipinski definition) is 4. The van der Waals surface area contributed by atoms with Crippen molar-refractivity contribution in [2.75, 3.05) is 11.5 Å². The van der Waals surface area contributed by atoms with E-state index in [9.17, 15) is 10.2 Å². The number of nitrogen functional groups attached to an aromatic ring is 2. The van der Waals surface area contributed by atoms with Crippen molar-refractivity contribution in [2.24, 2.45) is 53.3 Å². The average Bonchev–Trinajstić information content (AvgIpc) is 3.49. The second-order valence-corrected chi connectivity index (χ2v) is 23.6. The number of hydrogen-bond acceptors (Lipinski definition) is 4. The van der Waals surface area contributed by atoms with Crippen LogP contribution in [0.3, 0.4) is 0 Å². The lowest BCUT2D eigenvalue weighted by Gasteiger charge is -2.57. The van der Waals surface area contributed by atoms with E-state index in [1.54, 1.807) is 0 Å². The van der Waals surface area contributed by atoms with Gasteiger partial charge >= 0.3 is 0 Å². The summed E-state index contributed by atoms with van der Waals surface area (Å²) >= 11 is 0. The first-order valence-corrected chi connectivity index (χ1v) is 24.1. The minimum absolute atomic E-state index is 0.0372. The van der Waals surface area contributed by atoms with E-state index >= 15 is 0 Å². The molecule has 0 amide bonds. The average molecular weight is 783 g/mol.